The van der Waals surface area contributed by atoms with Gasteiger partial charge in [0.2, 0.25) is 0 Å². The quantitative estimate of drug-likeness (QED) is 0.153. The molecule has 70 heavy (non-hydrogen) atoms. The van der Waals surface area contributed by atoms with E-state index >= 15 is 0 Å². The molecule has 356 valence electrons. The van der Waals surface area contributed by atoms with E-state index in [0.29, 0.717) is 0 Å². The van der Waals surface area contributed by atoms with Crippen LogP contribution >= 0.6 is 0 Å². The number of nitrogens with zero attached hydrogens (tertiary/aromatic N) is 2. The molecule has 10 rings (SSSR count). The normalized spacial score (nSPS) is 14.8. The Hall–Kier alpha value is -5.95. The maximum atomic E-state index is 2.64. The highest BCUT2D eigenvalue weighted by Gasteiger charge is 2.49. The molecular formula is C66H74N2Si2. The summed E-state index contributed by atoms with van der Waals surface area (Å²) >= 11 is 0. The summed E-state index contributed by atoms with van der Waals surface area (Å²) < 4.78 is 0. The molecule has 8 aromatic carbocycles. The van der Waals surface area contributed by atoms with Crippen LogP contribution in [-0.2, 0) is 21.7 Å². The third-order valence-electron chi connectivity index (χ3n) is 15.8. The third kappa shape index (κ3) is 7.91. The first kappa shape index (κ1) is 47.7. The summed E-state index contributed by atoms with van der Waals surface area (Å²) in [4.78, 5) is 4.98. The summed E-state index contributed by atoms with van der Waals surface area (Å²) in [5.74, 6) is 0. The lowest BCUT2D eigenvalue weighted by Gasteiger charge is -2.31. The van der Waals surface area contributed by atoms with Crippen LogP contribution in [0, 0.1) is 0 Å². The minimum Gasteiger partial charge on any atom is -0.311 e. The molecule has 4 heteroatoms. The highest BCUT2D eigenvalue weighted by molar-refractivity contribution is 7.13. The van der Waals surface area contributed by atoms with Crippen LogP contribution in [-0.4, -0.2) is 16.1 Å². The van der Waals surface area contributed by atoms with E-state index in [2.05, 4.69) is 277 Å². The van der Waals surface area contributed by atoms with Gasteiger partial charge >= 0.3 is 0 Å². The van der Waals surface area contributed by atoms with Gasteiger partial charge in [0.15, 0.2) is 0 Å². The average molecular weight is 952 g/mol. The Balaban J connectivity index is 1.13. The summed E-state index contributed by atoms with van der Waals surface area (Å²) in [5, 5.41) is 9.16. The SMILES string of the molecule is CC(C)(C)c1ccc(N(c2ccc(C(C)(C)C)cc2)c2ccc3c(c2)[Si](C)(C)c2c4c(c5ccccc5c2-3)-c2ccc(N(c3ccc(C(C)(C)C)cc3)c3ccc(C(C)(C)C)cc3)cc2[Si]4(C)C)cc1. The molecule has 0 amide bonds. The molecule has 0 bridgehead atoms. The minimum atomic E-state index is -2.32. The summed E-state index contributed by atoms with van der Waals surface area (Å²) in [6.45, 7) is 38.1. The summed E-state index contributed by atoms with van der Waals surface area (Å²) in [5.41, 5.74) is 18.6. The third-order valence-corrected chi connectivity index (χ3v) is 23.1. The molecule has 0 aliphatic carbocycles. The van der Waals surface area contributed by atoms with Crippen molar-refractivity contribution in [2.24, 2.45) is 0 Å². The molecule has 0 aromatic heterocycles. The van der Waals surface area contributed by atoms with Gasteiger partial charge in [0, 0.05) is 34.1 Å². The van der Waals surface area contributed by atoms with Gasteiger partial charge in [0.1, 0.15) is 16.1 Å². The van der Waals surface area contributed by atoms with Gasteiger partial charge in [-0.1, -0.05) is 194 Å². The zero-order valence-corrected chi connectivity index (χ0v) is 46.9. The van der Waals surface area contributed by atoms with Crippen molar-refractivity contribution in [3.8, 4) is 22.3 Å². The Morgan fingerprint density at radius 1 is 0.300 bits per heavy atom. The first-order valence-electron chi connectivity index (χ1n) is 25.7. The highest BCUT2D eigenvalue weighted by Crippen LogP contribution is 2.46. The zero-order valence-electron chi connectivity index (χ0n) is 44.9. The van der Waals surface area contributed by atoms with E-state index in [1.807, 2.05) is 0 Å². The van der Waals surface area contributed by atoms with E-state index in [1.165, 1.54) is 99.8 Å². The first-order chi connectivity index (χ1) is 32.8. The van der Waals surface area contributed by atoms with Crippen LogP contribution in [0.5, 0.6) is 0 Å². The summed E-state index contributed by atoms with van der Waals surface area (Å²) in [7, 11) is -4.63. The van der Waals surface area contributed by atoms with Crippen LogP contribution in [0.3, 0.4) is 0 Å². The van der Waals surface area contributed by atoms with E-state index in [0.717, 1.165) is 0 Å². The van der Waals surface area contributed by atoms with E-state index in [9.17, 15) is 0 Å². The predicted octanol–water partition coefficient (Wildman–Crippen LogP) is 16.6. The van der Waals surface area contributed by atoms with Crippen molar-refractivity contribution in [2.75, 3.05) is 9.80 Å². The monoisotopic (exact) mass is 951 g/mol. The van der Waals surface area contributed by atoms with Crippen molar-refractivity contribution in [2.45, 2.75) is 131 Å². The maximum absolute atomic E-state index is 2.64. The largest absolute Gasteiger partial charge is 0.311 e. The zero-order chi connectivity index (χ0) is 50.1. The van der Waals surface area contributed by atoms with Crippen LogP contribution < -0.4 is 30.5 Å². The fraction of sp³-hybridized carbons (Fsp3) is 0.303. The van der Waals surface area contributed by atoms with E-state index in [-0.39, 0.29) is 21.7 Å². The number of rotatable bonds is 6. The second-order valence-electron chi connectivity index (χ2n) is 25.6. The van der Waals surface area contributed by atoms with Crippen LogP contribution in [0.1, 0.15) is 105 Å². The molecule has 0 radical (unpaired) electrons. The Kier molecular flexibility index (Phi) is 11.1. The molecule has 2 aliphatic heterocycles. The molecule has 2 heterocycles. The van der Waals surface area contributed by atoms with Crippen molar-refractivity contribution >= 4 is 81.8 Å². The Morgan fingerprint density at radius 3 is 0.786 bits per heavy atom. The Bertz CT molecular complexity index is 2970. The van der Waals surface area contributed by atoms with Gasteiger partial charge in [0.05, 0.1) is 0 Å². The molecule has 2 nitrogen and oxygen atoms in total. The fourth-order valence-electron chi connectivity index (χ4n) is 11.7. The summed E-state index contributed by atoms with van der Waals surface area (Å²) in [6, 6.07) is 61.4. The topological polar surface area (TPSA) is 6.48 Å². The van der Waals surface area contributed by atoms with Gasteiger partial charge in [-0.2, -0.15) is 0 Å². The number of anilines is 6. The van der Waals surface area contributed by atoms with Crippen molar-refractivity contribution in [1.29, 1.82) is 0 Å². The number of benzene rings is 8. The summed E-state index contributed by atoms with van der Waals surface area (Å²) in [6.07, 6.45) is 0. The van der Waals surface area contributed by atoms with E-state index < -0.39 is 16.1 Å². The molecule has 0 unspecified atom stereocenters. The fourth-order valence-corrected chi connectivity index (χ4v) is 20.1. The molecule has 0 saturated carbocycles. The molecule has 0 N–H and O–H groups in total. The molecular weight excluding hydrogens is 877 g/mol. The smallest absolute Gasteiger partial charge is 0.113 e. The van der Waals surface area contributed by atoms with Gasteiger partial charge < -0.3 is 9.80 Å². The standard InChI is InChI=1S/C66H74N2Si2/c1-63(2,3)43-21-29-47(30-22-43)67(48-31-23-44(24-32-48)64(4,5)6)51-37-39-55-57(41-51)69(13,14)61-59(55)53-19-17-18-20-54(53)60-56-40-38-52(42-58(56)70(15,16)62(60)61)68(49-33-25-45(26-34-49)65(7,8)9)50-35-27-46(28-36-50)66(10,11)12/h17-42H,1-16H3. The van der Waals surface area contributed by atoms with Gasteiger partial charge in [-0.15, -0.1) is 0 Å². The van der Waals surface area contributed by atoms with Crippen LogP contribution in [0.15, 0.2) is 158 Å². The lowest BCUT2D eigenvalue weighted by Crippen LogP contribution is -2.63. The number of hydrogen-bond donors (Lipinski definition) is 0. The Labute approximate surface area is 422 Å². The minimum absolute atomic E-state index is 0.0736. The van der Waals surface area contributed by atoms with Crippen molar-refractivity contribution in [1.82, 2.24) is 0 Å². The van der Waals surface area contributed by atoms with Crippen LogP contribution in [0.4, 0.5) is 34.1 Å². The van der Waals surface area contributed by atoms with Crippen molar-refractivity contribution in [3.63, 3.8) is 0 Å². The average Bonchev–Trinajstić information content (AvgIpc) is 3.68. The van der Waals surface area contributed by atoms with Gasteiger partial charge in [-0.05, 0) is 170 Å². The second-order valence-corrected chi connectivity index (χ2v) is 34.2. The molecule has 0 saturated heterocycles. The molecule has 2 aliphatic rings. The second kappa shape index (κ2) is 16.3. The molecule has 8 aromatic rings. The van der Waals surface area contributed by atoms with E-state index in [4.69, 9.17) is 0 Å². The van der Waals surface area contributed by atoms with Crippen molar-refractivity contribution in [3.05, 3.63) is 180 Å². The lowest BCUT2D eigenvalue weighted by molar-refractivity contribution is 0.590. The van der Waals surface area contributed by atoms with Crippen LogP contribution in [0.2, 0.25) is 26.2 Å². The van der Waals surface area contributed by atoms with Gasteiger partial charge in [0.25, 0.3) is 0 Å². The molecule has 0 atom stereocenters. The lowest BCUT2D eigenvalue weighted by atomic mass is 9.86. The predicted molar refractivity (Wildman–Crippen MR) is 312 cm³/mol. The van der Waals surface area contributed by atoms with Crippen LogP contribution in [0.25, 0.3) is 33.0 Å². The first-order valence-corrected chi connectivity index (χ1v) is 31.7. The maximum Gasteiger partial charge on any atom is 0.113 e. The van der Waals surface area contributed by atoms with Gasteiger partial charge in [-0.3, -0.25) is 0 Å². The van der Waals surface area contributed by atoms with E-state index in [1.54, 1.807) is 10.4 Å². The highest BCUT2D eigenvalue weighted by atomic mass is 28.3. The number of fused-ring (bicyclic) bond motifs is 10. The van der Waals surface area contributed by atoms with Gasteiger partial charge in [-0.25, -0.2) is 0 Å². The number of hydrogen-bond acceptors (Lipinski definition) is 2. The Morgan fingerprint density at radius 2 is 0.543 bits per heavy atom. The molecule has 0 fully saturated rings. The van der Waals surface area contributed by atoms with Crippen molar-refractivity contribution < 1.29 is 0 Å². The molecule has 0 spiro atoms.